The highest BCUT2D eigenvalue weighted by molar-refractivity contribution is 7.89. The molecule has 9 heteroatoms. The molecule has 0 aliphatic carbocycles. The Hall–Kier alpha value is -2.00. The van der Waals surface area contributed by atoms with Gasteiger partial charge in [0, 0.05) is 31.0 Å². The Morgan fingerprint density at radius 3 is 2.58 bits per heavy atom. The second-order valence-electron chi connectivity index (χ2n) is 7.07. The first-order valence-electron chi connectivity index (χ1n) is 7.83. The zero-order chi connectivity index (χ0) is 17.4. The van der Waals surface area contributed by atoms with Crippen LogP contribution in [-0.4, -0.2) is 48.2 Å². The summed E-state index contributed by atoms with van der Waals surface area (Å²) in [5.74, 6) is 1.09. The van der Waals surface area contributed by atoms with Crippen molar-refractivity contribution < 1.29 is 8.42 Å². The quantitative estimate of drug-likeness (QED) is 0.831. The topological polar surface area (TPSA) is 104 Å². The third-order valence-corrected chi connectivity index (χ3v) is 5.37. The summed E-state index contributed by atoms with van der Waals surface area (Å²) < 4.78 is 26.6. The summed E-state index contributed by atoms with van der Waals surface area (Å²) in [5, 5.41) is 8.64. The average molecular weight is 350 g/mol. The zero-order valence-electron chi connectivity index (χ0n) is 14.0. The predicted octanol–water partition coefficient (Wildman–Crippen LogP) is 0.912. The minimum atomic E-state index is -3.51. The molecule has 3 heterocycles. The number of aromatic amines is 1. The number of hydrogen-bond donors (Lipinski definition) is 2. The Balaban J connectivity index is 1.51. The molecule has 0 unspecified atom stereocenters. The van der Waals surface area contributed by atoms with Crippen molar-refractivity contribution in [3.05, 3.63) is 30.4 Å². The minimum absolute atomic E-state index is 0.0199. The van der Waals surface area contributed by atoms with Crippen LogP contribution in [0.5, 0.6) is 0 Å². The van der Waals surface area contributed by atoms with Crippen molar-refractivity contribution in [2.75, 3.05) is 24.5 Å². The molecule has 2 aromatic rings. The van der Waals surface area contributed by atoms with Gasteiger partial charge in [0.1, 0.15) is 0 Å². The van der Waals surface area contributed by atoms with Crippen molar-refractivity contribution in [1.29, 1.82) is 0 Å². The van der Waals surface area contributed by atoms with Crippen molar-refractivity contribution >= 4 is 15.8 Å². The van der Waals surface area contributed by atoms with Gasteiger partial charge in [-0.2, -0.15) is 5.10 Å². The smallest absolute Gasteiger partial charge is 0.257 e. The molecule has 2 aromatic heterocycles. The maximum Gasteiger partial charge on any atom is 0.257 e. The van der Waals surface area contributed by atoms with Crippen LogP contribution in [0.15, 0.2) is 29.7 Å². The van der Waals surface area contributed by atoms with Crippen LogP contribution in [-0.2, 0) is 15.4 Å². The van der Waals surface area contributed by atoms with E-state index >= 15 is 0 Å². The molecule has 0 bridgehead atoms. The number of hydrogen-bond acceptors (Lipinski definition) is 6. The summed E-state index contributed by atoms with van der Waals surface area (Å²) in [6.45, 7) is 8.21. The molecule has 1 saturated heterocycles. The third kappa shape index (κ3) is 3.57. The number of aromatic nitrogens is 4. The standard InChI is InChI=1S/C15H22N6O2S/c1-15(2,3)12-4-5-13(20-19-12)21-8-11(9-21)6-18-24(22,23)14-7-16-10-17-14/h4-5,7,10-11,18H,6,8-9H2,1-3H3,(H,16,17). The molecule has 3 rings (SSSR count). The Kier molecular flexibility index (Phi) is 4.31. The van der Waals surface area contributed by atoms with Gasteiger partial charge in [0.15, 0.2) is 10.8 Å². The van der Waals surface area contributed by atoms with E-state index in [4.69, 9.17) is 0 Å². The van der Waals surface area contributed by atoms with Crippen LogP contribution in [0.4, 0.5) is 5.82 Å². The molecule has 24 heavy (non-hydrogen) atoms. The van der Waals surface area contributed by atoms with Crippen LogP contribution >= 0.6 is 0 Å². The molecule has 0 amide bonds. The number of imidazole rings is 1. The molecule has 1 fully saturated rings. The molecular formula is C15H22N6O2S. The molecular weight excluding hydrogens is 328 g/mol. The van der Waals surface area contributed by atoms with Crippen LogP contribution in [0.1, 0.15) is 26.5 Å². The van der Waals surface area contributed by atoms with E-state index < -0.39 is 10.0 Å². The number of nitrogens with zero attached hydrogens (tertiary/aromatic N) is 4. The molecule has 0 spiro atoms. The summed E-state index contributed by atoms with van der Waals surface area (Å²) in [6.07, 6.45) is 2.64. The molecule has 130 valence electrons. The molecule has 0 saturated carbocycles. The fourth-order valence-corrected chi connectivity index (χ4v) is 3.49. The average Bonchev–Trinajstić information content (AvgIpc) is 3.00. The molecule has 8 nitrogen and oxygen atoms in total. The van der Waals surface area contributed by atoms with E-state index in [0.29, 0.717) is 6.54 Å². The van der Waals surface area contributed by atoms with E-state index in [2.05, 4.69) is 50.6 Å². The minimum Gasteiger partial charge on any atom is -0.354 e. The Labute approximate surface area is 141 Å². The van der Waals surface area contributed by atoms with Crippen LogP contribution in [0.3, 0.4) is 0 Å². The van der Waals surface area contributed by atoms with Crippen molar-refractivity contribution in [2.24, 2.45) is 5.92 Å². The summed E-state index contributed by atoms with van der Waals surface area (Å²) in [6, 6.07) is 3.97. The van der Waals surface area contributed by atoms with E-state index in [1.807, 2.05) is 12.1 Å². The van der Waals surface area contributed by atoms with E-state index in [1.165, 1.54) is 12.5 Å². The Morgan fingerprint density at radius 1 is 1.29 bits per heavy atom. The normalized spacial score (nSPS) is 16.2. The number of H-pyrrole nitrogens is 1. The predicted molar refractivity (Wildman–Crippen MR) is 90.2 cm³/mol. The lowest BCUT2D eigenvalue weighted by atomic mass is 9.92. The maximum atomic E-state index is 12.0. The molecule has 2 N–H and O–H groups in total. The lowest BCUT2D eigenvalue weighted by Gasteiger charge is -2.40. The highest BCUT2D eigenvalue weighted by atomic mass is 32.2. The molecule has 1 aliphatic rings. The van der Waals surface area contributed by atoms with Gasteiger partial charge in [0.05, 0.1) is 18.2 Å². The fraction of sp³-hybridized carbons (Fsp3) is 0.533. The summed E-state index contributed by atoms with van der Waals surface area (Å²) in [7, 11) is -3.51. The monoisotopic (exact) mass is 350 g/mol. The van der Waals surface area contributed by atoms with Gasteiger partial charge in [0.2, 0.25) is 0 Å². The van der Waals surface area contributed by atoms with E-state index in [-0.39, 0.29) is 16.4 Å². The van der Waals surface area contributed by atoms with Gasteiger partial charge in [0.25, 0.3) is 10.0 Å². The Bertz CT molecular complexity index is 774. The summed E-state index contributed by atoms with van der Waals surface area (Å²) in [4.78, 5) is 8.42. The van der Waals surface area contributed by atoms with Crippen molar-refractivity contribution in [3.8, 4) is 0 Å². The lowest BCUT2D eigenvalue weighted by Crippen LogP contribution is -2.51. The van der Waals surface area contributed by atoms with Gasteiger partial charge >= 0.3 is 0 Å². The van der Waals surface area contributed by atoms with Gasteiger partial charge in [-0.25, -0.2) is 18.1 Å². The highest BCUT2D eigenvalue weighted by Gasteiger charge is 2.30. The summed E-state index contributed by atoms with van der Waals surface area (Å²) >= 11 is 0. The second kappa shape index (κ2) is 6.14. The third-order valence-electron chi connectivity index (χ3n) is 4.02. The molecule has 0 radical (unpaired) electrons. The van der Waals surface area contributed by atoms with Gasteiger partial charge < -0.3 is 9.88 Å². The highest BCUT2D eigenvalue weighted by Crippen LogP contribution is 2.24. The number of anilines is 1. The van der Waals surface area contributed by atoms with Gasteiger partial charge in [-0.3, -0.25) is 0 Å². The first kappa shape index (κ1) is 16.8. The van der Waals surface area contributed by atoms with E-state index in [9.17, 15) is 8.42 Å². The largest absolute Gasteiger partial charge is 0.354 e. The number of nitrogens with one attached hydrogen (secondary N) is 2. The van der Waals surface area contributed by atoms with Crippen LogP contribution in [0.25, 0.3) is 0 Å². The second-order valence-corrected chi connectivity index (χ2v) is 8.80. The van der Waals surface area contributed by atoms with E-state index in [0.717, 1.165) is 24.6 Å². The maximum absolute atomic E-state index is 12.0. The van der Waals surface area contributed by atoms with Crippen LogP contribution in [0, 0.1) is 5.92 Å². The first-order valence-corrected chi connectivity index (χ1v) is 9.31. The first-order chi connectivity index (χ1) is 11.3. The van der Waals surface area contributed by atoms with Crippen molar-refractivity contribution in [2.45, 2.75) is 31.2 Å². The van der Waals surface area contributed by atoms with Crippen molar-refractivity contribution in [3.63, 3.8) is 0 Å². The number of sulfonamides is 1. The zero-order valence-corrected chi connectivity index (χ0v) is 14.8. The van der Waals surface area contributed by atoms with Crippen LogP contribution < -0.4 is 9.62 Å². The Morgan fingerprint density at radius 2 is 2.04 bits per heavy atom. The van der Waals surface area contributed by atoms with E-state index in [1.54, 1.807) is 0 Å². The fourth-order valence-electron chi connectivity index (χ4n) is 2.48. The van der Waals surface area contributed by atoms with Crippen molar-refractivity contribution in [1.82, 2.24) is 24.9 Å². The molecule has 1 aliphatic heterocycles. The number of rotatable bonds is 5. The SMILES string of the molecule is CC(C)(C)c1ccc(N2CC(CNS(=O)(=O)c3cnc[nH]3)C2)nn1. The summed E-state index contributed by atoms with van der Waals surface area (Å²) in [5.41, 5.74) is 0.934. The molecule has 0 atom stereocenters. The van der Waals surface area contributed by atoms with Gasteiger partial charge in [-0.1, -0.05) is 20.8 Å². The van der Waals surface area contributed by atoms with Gasteiger partial charge in [-0.15, -0.1) is 5.10 Å². The molecule has 0 aromatic carbocycles. The van der Waals surface area contributed by atoms with Gasteiger partial charge in [-0.05, 0) is 12.1 Å². The van der Waals surface area contributed by atoms with Crippen LogP contribution in [0.2, 0.25) is 0 Å². The lowest BCUT2D eigenvalue weighted by molar-refractivity contribution is 0.401.